The molecule has 0 saturated carbocycles. The summed E-state index contributed by atoms with van der Waals surface area (Å²) in [6.07, 6.45) is 0.451. The number of nitrogens with zero attached hydrogens (tertiary/aromatic N) is 1. The van der Waals surface area contributed by atoms with Crippen molar-refractivity contribution in [2.45, 2.75) is 11.3 Å². The van der Waals surface area contributed by atoms with E-state index in [9.17, 15) is 13.2 Å². The maximum absolute atomic E-state index is 14.3. The Balaban J connectivity index is 1.67. The highest BCUT2D eigenvalue weighted by molar-refractivity contribution is 7.93. The summed E-state index contributed by atoms with van der Waals surface area (Å²) in [5.41, 5.74) is 3.17. The van der Waals surface area contributed by atoms with Crippen LogP contribution in [0.3, 0.4) is 0 Å². The Morgan fingerprint density at radius 1 is 0.900 bits per heavy atom. The van der Waals surface area contributed by atoms with Crippen LogP contribution in [-0.2, 0) is 26.0 Å². The van der Waals surface area contributed by atoms with Gasteiger partial charge in [0.05, 0.1) is 24.8 Å². The lowest BCUT2D eigenvalue weighted by Crippen LogP contribution is -2.39. The number of rotatable bonds is 6. The molecule has 2 aliphatic heterocycles. The van der Waals surface area contributed by atoms with Crippen LogP contribution in [0.2, 0.25) is 0 Å². The summed E-state index contributed by atoms with van der Waals surface area (Å²) in [6, 6.07) is 26.9. The van der Waals surface area contributed by atoms with Crippen molar-refractivity contribution in [1.29, 1.82) is 0 Å². The van der Waals surface area contributed by atoms with Gasteiger partial charge in [-0.05, 0) is 47.4 Å². The molecule has 0 unspecified atom stereocenters. The highest BCUT2D eigenvalue weighted by atomic mass is 32.2. The van der Waals surface area contributed by atoms with Gasteiger partial charge in [-0.1, -0.05) is 66.7 Å². The number of para-hydroxylation sites is 1. The number of benzene rings is 4. The van der Waals surface area contributed by atoms with E-state index in [0.717, 1.165) is 15.4 Å². The molecule has 8 nitrogen and oxygen atoms in total. The summed E-state index contributed by atoms with van der Waals surface area (Å²) in [6.45, 7) is 0.0159. The number of hydrogen-bond acceptors (Lipinski definition) is 7. The topological polar surface area (TPSA) is 91.4 Å². The zero-order chi connectivity index (χ0) is 27.9. The third kappa shape index (κ3) is 4.15. The molecule has 0 aliphatic carbocycles. The van der Waals surface area contributed by atoms with Crippen molar-refractivity contribution in [3.8, 4) is 17.2 Å². The number of fused-ring (bicyclic) bond motifs is 2. The van der Waals surface area contributed by atoms with Gasteiger partial charge in [-0.3, -0.25) is 0 Å². The molecule has 0 radical (unpaired) electrons. The van der Waals surface area contributed by atoms with Gasteiger partial charge in [-0.15, -0.1) is 0 Å². The minimum absolute atomic E-state index is 0.0159. The average molecular weight is 556 g/mol. The molecule has 4 aromatic rings. The number of anilines is 1. The number of methoxy groups -OCH3 is 2. The zero-order valence-electron chi connectivity index (χ0n) is 21.8. The van der Waals surface area contributed by atoms with Gasteiger partial charge in [0.15, 0.2) is 17.2 Å². The number of sulfonamides is 1. The second-order valence-electron chi connectivity index (χ2n) is 9.18. The lowest BCUT2D eigenvalue weighted by molar-refractivity contribution is -0.136. The third-order valence-corrected chi connectivity index (χ3v) is 8.66. The van der Waals surface area contributed by atoms with Crippen molar-refractivity contribution in [1.82, 2.24) is 0 Å². The van der Waals surface area contributed by atoms with Gasteiger partial charge >= 0.3 is 5.97 Å². The van der Waals surface area contributed by atoms with Crippen molar-refractivity contribution in [3.63, 3.8) is 0 Å². The maximum Gasteiger partial charge on any atom is 0.356 e. The summed E-state index contributed by atoms with van der Waals surface area (Å²) >= 11 is 0. The summed E-state index contributed by atoms with van der Waals surface area (Å²) < 4.78 is 51.8. The summed E-state index contributed by atoms with van der Waals surface area (Å²) in [4.78, 5) is 13.7. The van der Waals surface area contributed by atoms with Crippen molar-refractivity contribution in [2.24, 2.45) is 0 Å². The second-order valence-corrected chi connectivity index (χ2v) is 10.9. The van der Waals surface area contributed by atoms with Crippen molar-refractivity contribution < 1.29 is 32.2 Å². The molecular weight excluding hydrogens is 530 g/mol. The van der Waals surface area contributed by atoms with E-state index in [4.69, 9.17) is 18.9 Å². The molecule has 0 atom stereocenters. The van der Waals surface area contributed by atoms with Crippen molar-refractivity contribution >= 4 is 27.3 Å². The van der Waals surface area contributed by atoms with Crippen LogP contribution in [0.4, 0.5) is 5.69 Å². The van der Waals surface area contributed by atoms with Gasteiger partial charge in [0, 0.05) is 11.1 Å². The monoisotopic (exact) mass is 555 g/mol. The first-order valence-corrected chi connectivity index (χ1v) is 13.9. The van der Waals surface area contributed by atoms with Crippen LogP contribution in [0.1, 0.15) is 22.3 Å². The predicted molar refractivity (Wildman–Crippen MR) is 149 cm³/mol. The number of carbonyl (C=O) groups is 1. The molecule has 202 valence electrons. The van der Waals surface area contributed by atoms with Gasteiger partial charge in [0.2, 0.25) is 12.5 Å². The Hall–Kier alpha value is -4.76. The predicted octanol–water partition coefficient (Wildman–Crippen LogP) is 5.16. The quantitative estimate of drug-likeness (QED) is 0.304. The first-order valence-electron chi connectivity index (χ1n) is 12.5. The highest BCUT2D eigenvalue weighted by Crippen LogP contribution is 2.48. The molecule has 0 saturated heterocycles. The molecule has 0 N–H and O–H groups in total. The summed E-state index contributed by atoms with van der Waals surface area (Å²) in [7, 11) is -1.50. The smallest absolute Gasteiger partial charge is 0.356 e. The Morgan fingerprint density at radius 2 is 1.62 bits per heavy atom. The molecule has 0 aromatic heterocycles. The molecular formula is C31H25NO7S. The molecule has 2 aliphatic rings. The highest BCUT2D eigenvalue weighted by Gasteiger charge is 2.43. The molecule has 0 bridgehead atoms. The minimum atomic E-state index is -4.24. The second kappa shape index (κ2) is 10.1. The van der Waals surface area contributed by atoms with Crippen LogP contribution in [0.25, 0.3) is 5.57 Å². The van der Waals surface area contributed by atoms with Gasteiger partial charge in [0.1, 0.15) is 0 Å². The Kier molecular flexibility index (Phi) is 6.43. The van der Waals surface area contributed by atoms with Gasteiger partial charge in [-0.25, -0.2) is 17.5 Å². The first kappa shape index (κ1) is 25.5. The molecule has 0 fully saturated rings. The van der Waals surface area contributed by atoms with E-state index in [1.54, 1.807) is 42.5 Å². The van der Waals surface area contributed by atoms with E-state index in [2.05, 4.69) is 0 Å². The Bertz CT molecular complexity index is 1760. The van der Waals surface area contributed by atoms with Crippen LogP contribution in [0.15, 0.2) is 102 Å². The SMILES string of the molecule is COC(=O)C1=C(c2cc(OC)c3c(c2)OCO3)c2ccccc2S(=O)(=O)N1c1ccccc1Cc1ccccc1. The third-order valence-electron chi connectivity index (χ3n) is 6.89. The van der Waals surface area contributed by atoms with Crippen molar-refractivity contribution in [3.05, 3.63) is 119 Å². The fourth-order valence-corrected chi connectivity index (χ4v) is 6.86. The van der Waals surface area contributed by atoms with Crippen LogP contribution >= 0.6 is 0 Å². The van der Waals surface area contributed by atoms with Gasteiger partial charge in [0.25, 0.3) is 10.0 Å². The van der Waals surface area contributed by atoms with E-state index in [0.29, 0.717) is 46.1 Å². The van der Waals surface area contributed by atoms with E-state index in [1.807, 2.05) is 42.5 Å². The minimum Gasteiger partial charge on any atom is -0.493 e. The van der Waals surface area contributed by atoms with E-state index < -0.39 is 16.0 Å². The molecule has 0 amide bonds. The fraction of sp³-hybridized carbons (Fsp3) is 0.129. The molecule has 0 spiro atoms. The normalized spacial score (nSPS) is 15.0. The molecule has 4 aromatic carbocycles. The molecule has 40 heavy (non-hydrogen) atoms. The molecule has 9 heteroatoms. The summed E-state index contributed by atoms with van der Waals surface area (Å²) in [5, 5.41) is 0. The largest absolute Gasteiger partial charge is 0.493 e. The van der Waals surface area contributed by atoms with Gasteiger partial charge in [-0.2, -0.15) is 0 Å². The lowest BCUT2D eigenvalue weighted by atomic mass is 9.94. The molecule has 2 heterocycles. The van der Waals surface area contributed by atoms with Crippen LogP contribution in [0, 0.1) is 0 Å². The number of esters is 1. The van der Waals surface area contributed by atoms with E-state index >= 15 is 0 Å². The lowest BCUT2D eigenvalue weighted by Gasteiger charge is -2.34. The van der Waals surface area contributed by atoms with Crippen LogP contribution < -0.4 is 18.5 Å². The first-order chi connectivity index (χ1) is 19.4. The zero-order valence-corrected chi connectivity index (χ0v) is 22.6. The van der Waals surface area contributed by atoms with E-state index in [-0.39, 0.29) is 17.4 Å². The van der Waals surface area contributed by atoms with Gasteiger partial charge < -0.3 is 18.9 Å². The Morgan fingerprint density at radius 3 is 2.40 bits per heavy atom. The number of ether oxygens (including phenoxy) is 4. The van der Waals surface area contributed by atoms with Crippen molar-refractivity contribution in [2.75, 3.05) is 25.3 Å². The standard InChI is InChI=1S/C31H25NO7S/c1-36-25-17-22(18-26-30(25)39-19-38-26)28-23-13-7-9-15-27(23)40(34,35)32(29(28)31(33)37-2)24-14-8-6-12-21(24)16-20-10-4-3-5-11-20/h3-15,17-18H,16,19H2,1-2H3. The maximum atomic E-state index is 14.3. The summed E-state index contributed by atoms with van der Waals surface area (Å²) in [5.74, 6) is 0.448. The number of hydrogen-bond donors (Lipinski definition) is 0. The molecule has 6 rings (SSSR count). The fourth-order valence-electron chi connectivity index (χ4n) is 5.12. The number of carbonyl (C=O) groups excluding carboxylic acids is 1. The van der Waals surface area contributed by atoms with Crippen LogP contribution in [0.5, 0.6) is 17.2 Å². The Labute approximate surface area is 232 Å². The van der Waals surface area contributed by atoms with E-state index in [1.165, 1.54) is 20.3 Å². The van der Waals surface area contributed by atoms with Crippen LogP contribution in [-0.4, -0.2) is 35.4 Å². The average Bonchev–Trinajstić information content (AvgIpc) is 3.46.